The molecular formula is C26H26N4O2. The lowest BCUT2D eigenvalue weighted by Gasteiger charge is -2.12. The fourth-order valence-electron chi connectivity index (χ4n) is 3.63. The van der Waals surface area contributed by atoms with E-state index in [0.717, 1.165) is 33.7 Å². The number of nitrogens with zero attached hydrogens (tertiary/aromatic N) is 2. The first kappa shape index (κ1) is 21.3. The third-order valence-electron chi connectivity index (χ3n) is 5.40. The molecule has 0 spiro atoms. The molecule has 1 aromatic heterocycles. The Bertz CT molecular complexity index is 1260. The summed E-state index contributed by atoms with van der Waals surface area (Å²) in [5.41, 5.74) is 5.27. The van der Waals surface area contributed by atoms with Gasteiger partial charge in [0.25, 0.3) is 5.91 Å². The number of rotatable bonds is 7. The Hall–Kier alpha value is -3.93. The van der Waals surface area contributed by atoms with Gasteiger partial charge in [-0.1, -0.05) is 48.0 Å². The molecule has 4 aromatic rings. The van der Waals surface area contributed by atoms with E-state index in [-0.39, 0.29) is 18.4 Å². The van der Waals surface area contributed by atoms with Crippen LogP contribution < -0.4 is 10.6 Å². The van der Waals surface area contributed by atoms with Crippen LogP contribution in [0.2, 0.25) is 0 Å². The highest BCUT2D eigenvalue weighted by molar-refractivity contribution is 5.94. The van der Waals surface area contributed by atoms with Crippen molar-refractivity contribution < 1.29 is 9.59 Å². The summed E-state index contributed by atoms with van der Waals surface area (Å²) in [6.45, 7) is 4.53. The molecule has 162 valence electrons. The molecule has 0 aliphatic heterocycles. The molecule has 0 saturated carbocycles. The van der Waals surface area contributed by atoms with Gasteiger partial charge in [-0.3, -0.25) is 9.59 Å². The first-order valence-electron chi connectivity index (χ1n) is 10.7. The number of fused-ring (bicyclic) bond motifs is 1. The molecule has 0 atom stereocenters. The summed E-state index contributed by atoms with van der Waals surface area (Å²) in [6, 6.07) is 22.9. The van der Waals surface area contributed by atoms with E-state index < -0.39 is 0 Å². The summed E-state index contributed by atoms with van der Waals surface area (Å²) in [4.78, 5) is 29.9. The third kappa shape index (κ3) is 4.86. The summed E-state index contributed by atoms with van der Waals surface area (Å²) in [5.74, 6) is 0.521. The highest BCUT2D eigenvalue weighted by Crippen LogP contribution is 2.18. The van der Waals surface area contributed by atoms with E-state index in [9.17, 15) is 9.59 Å². The van der Waals surface area contributed by atoms with Crippen LogP contribution in [0.15, 0.2) is 72.8 Å². The number of anilines is 1. The Morgan fingerprint density at radius 3 is 2.41 bits per heavy atom. The standard InChI is InChI=1S/C26H26N4O2/c1-18-11-13-20(14-12-18)26(32)27-16-15-24-28-22-9-5-6-10-23(22)30(24)17-25(31)29-21-8-4-3-7-19(21)2/h3-14H,15-17H2,1-2H3,(H,27,32)(H,29,31). The summed E-state index contributed by atoms with van der Waals surface area (Å²) in [7, 11) is 0. The maximum Gasteiger partial charge on any atom is 0.251 e. The Balaban J connectivity index is 1.47. The van der Waals surface area contributed by atoms with Crippen LogP contribution in [0.25, 0.3) is 11.0 Å². The van der Waals surface area contributed by atoms with Crippen molar-refractivity contribution in [2.75, 3.05) is 11.9 Å². The van der Waals surface area contributed by atoms with Gasteiger partial charge < -0.3 is 15.2 Å². The number of aryl methyl sites for hydroxylation is 2. The number of para-hydroxylation sites is 3. The largest absolute Gasteiger partial charge is 0.352 e. The molecule has 2 N–H and O–H groups in total. The van der Waals surface area contributed by atoms with Crippen molar-refractivity contribution >= 4 is 28.5 Å². The van der Waals surface area contributed by atoms with Crippen molar-refractivity contribution in [3.8, 4) is 0 Å². The van der Waals surface area contributed by atoms with Crippen LogP contribution in [0.3, 0.4) is 0 Å². The second-order valence-corrected chi connectivity index (χ2v) is 7.84. The van der Waals surface area contributed by atoms with Gasteiger partial charge in [-0.25, -0.2) is 4.98 Å². The molecule has 0 fully saturated rings. The molecule has 0 aliphatic rings. The van der Waals surface area contributed by atoms with Gasteiger partial charge in [0.15, 0.2) is 0 Å². The maximum atomic E-state index is 12.8. The average Bonchev–Trinajstić information content (AvgIpc) is 3.13. The molecule has 0 unspecified atom stereocenters. The van der Waals surface area contributed by atoms with Gasteiger partial charge in [0.2, 0.25) is 5.91 Å². The highest BCUT2D eigenvalue weighted by Gasteiger charge is 2.15. The number of imidazole rings is 1. The summed E-state index contributed by atoms with van der Waals surface area (Å²) >= 11 is 0. The minimum absolute atomic E-state index is 0.118. The van der Waals surface area contributed by atoms with Gasteiger partial charge in [-0.05, 0) is 49.7 Å². The zero-order valence-electron chi connectivity index (χ0n) is 18.3. The van der Waals surface area contributed by atoms with Crippen LogP contribution in [-0.2, 0) is 17.8 Å². The molecule has 2 amide bonds. The minimum Gasteiger partial charge on any atom is -0.352 e. The number of aromatic nitrogens is 2. The molecule has 1 heterocycles. The number of hydrogen-bond donors (Lipinski definition) is 2. The number of benzene rings is 3. The van der Waals surface area contributed by atoms with E-state index >= 15 is 0 Å². The fourth-order valence-corrected chi connectivity index (χ4v) is 3.63. The van der Waals surface area contributed by atoms with Crippen LogP contribution in [-0.4, -0.2) is 27.9 Å². The Labute approximate surface area is 187 Å². The van der Waals surface area contributed by atoms with Gasteiger partial charge in [0.1, 0.15) is 12.4 Å². The summed E-state index contributed by atoms with van der Waals surface area (Å²) < 4.78 is 1.92. The predicted molar refractivity (Wildman–Crippen MR) is 127 cm³/mol. The monoisotopic (exact) mass is 426 g/mol. The van der Waals surface area contributed by atoms with E-state index in [0.29, 0.717) is 18.5 Å². The maximum absolute atomic E-state index is 12.8. The normalized spacial score (nSPS) is 10.8. The van der Waals surface area contributed by atoms with Gasteiger partial charge in [0, 0.05) is 24.2 Å². The van der Waals surface area contributed by atoms with E-state index in [1.165, 1.54) is 0 Å². The van der Waals surface area contributed by atoms with Crippen molar-refractivity contribution in [2.45, 2.75) is 26.8 Å². The quantitative estimate of drug-likeness (QED) is 0.464. The molecular weight excluding hydrogens is 400 g/mol. The molecule has 4 rings (SSSR count). The molecule has 0 aliphatic carbocycles. The van der Waals surface area contributed by atoms with Crippen molar-refractivity contribution in [1.82, 2.24) is 14.9 Å². The molecule has 0 saturated heterocycles. The number of amides is 2. The van der Waals surface area contributed by atoms with Crippen LogP contribution in [0.4, 0.5) is 5.69 Å². The minimum atomic E-state index is -0.120. The van der Waals surface area contributed by atoms with Crippen LogP contribution >= 0.6 is 0 Å². The second-order valence-electron chi connectivity index (χ2n) is 7.84. The number of carbonyl (C=O) groups is 2. The van der Waals surface area contributed by atoms with E-state index in [1.807, 2.05) is 91.2 Å². The predicted octanol–water partition coefficient (Wildman–Crippen LogP) is 4.26. The van der Waals surface area contributed by atoms with E-state index in [1.54, 1.807) is 0 Å². The van der Waals surface area contributed by atoms with E-state index in [4.69, 9.17) is 4.98 Å². The Kier molecular flexibility index (Phi) is 6.31. The number of carbonyl (C=O) groups excluding carboxylic acids is 2. The second kappa shape index (κ2) is 9.47. The molecule has 6 nitrogen and oxygen atoms in total. The number of hydrogen-bond acceptors (Lipinski definition) is 3. The average molecular weight is 427 g/mol. The Morgan fingerprint density at radius 2 is 1.62 bits per heavy atom. The number of nitrogens with one attached hydrogen (secondary N) is 2. The fraction of sp³-hybridized carbons (Fsp3) is 0.192. The summed E-state index contributed by atoms with van der Waals surface area (Å²) in [5, 5.41) is 5.93. The molecule has 0 bridgehead atoms. The van der Waals surface area contributed by atoms with Gasteiger partial charge in [-0.15, -0.1) is 0 Å². The lowest BCUT2D eigenvalue weighted by Crippen LogP contribution is -2.27. The van der Waals surface area contributed by atoms with Crippen molar-refractivity contribution in [3.63, 3.8) is 0 Å². The Morgan fingerprint density at radius 1 is 0.906 bits per heavy atom. The first-order valence-corrected chi connectivity index (χ1v) is 10.7. The van der Waals surface area contributed by atoms with Crippen molar-refractivity contribution in [1.29, 1.82) is 0 Å². The lowest BCUT2D eigenvalue weighted by atomic mass is 10.1. The zero-order valence-corrected chi connectivity index (χ0v) is 18.3. The van der Waals surface area contributed by atoms with Crippen molar-refractivity contribution in [3.05, 3.63) is 95.3 Å². The van der Waals surface area contributed by atoms with Gasteiger partial charge >= 0.3 is 0 Å². The molecule has 0 radical (unpaired) electrons. The molecule has 3 aromatic carbocycles. The third-order valence-corrected chi connectivity index (χ3v) is 5.40. The van der Waals surface area contributed by atoms with Crippen LogP contribution in [0.1, 0.15) is 27.3 Å². The van der Waals surface area contributed by atoms with Crippen molar-refractivity contribution in [2.24, 2.45) is 0 Å². The summed E-state index contributed by atoms with van der Waals surface area (Å²) in [6.07, 6.45) is 0.518. The van der Waals surface area contributed by atoms with Crippen LogP contribution in [0.5, 0.6) is 0 Å². The highest BCUT2D eigenvalue weighted by atomic mass is 16.2. The smallest absolute Gasteiger partial charge is 0.251 e. The molecule has 32 heavy (non-hydrogen) atoms. The topological polar surface area (TPSA) is 76.0 Å². The zero-order chi connectivity index (χ0) is 22.5. The van der Waals surface area contributed by atoms with Gasteiger partial charge in [-0.2, -0.15) is 0 Å². The SMILES string of the molecule is Cc1ccc(C(=O)NCCc2nc3ccccc3n2CC(=O)Nc2ccccc2C)cc1. The van der Waals surface area contributed by atoms with Crippen LogP contribution in [0, 0.1) is 13.8 Å². The molecule has 6 heteroatoms. The first-order chi connectivity index (χ1) is 15.5. The lowest BCUT2D eigenvalue weighted by molar-refractivity contribution is -0.116. The van der Waals surface area contributed by atoms with Gasteiger partial charge in [0.05, 0.1) is 11.0 Å². The van der Waals surface area contributed by atoms with E-state index in [2.05, 4.69) is 10.6 Å².